The molecule has 1 N–H and O–H groups in total. The van der Waals surface area contributed by atoms with Crippen LogP contribution < -0.4 is 5.32 Å². The van der Waals surface area contributed by atoms with E-state index in [1.807, 2.05) is 0 Å². The molecule has 25 heavy (non-hydrogen) atoms. The van der Waals surface area contributed by atoms with Gasteiger partial charge in [-0.15, -0.1) is 11.3 Å². The molecule has 2 rings (SSSR count). The molecule has 0 spiro atoms. The Kier molecular flexibility index (Phi) is 6.19. The van der Waals surface area contributed by atoms with Crippen molar-refractivity contribution in [3.05, 3.63) is 57.3 Å². The highest BCUT2D eigenvalue weighted by Crippen LogP contribution is 2.19. The third-order valence-electron chi connectivity index (χ3n) is 3.35. The van der Waals surface area contributed by atoms with Gasteiger partial charge in [0.15, 0.2) is 6.10 Å². The Balaban J connectivity index is 1.98. The van der Waals surface area contributed by atoms with Crippen molar-refractivity contribution in [2.24, 2.45) is 0 Å². The number of carbonyl (C=O) groups excluding carboxylic acids is 4. The van der Waals surface area contributed by atoms with Gasteiger partial charge in [0.2, 0.25) is 11.7 Å². The van der Waals surface area contributed by atoms with Crippen LogP contribution in [0.15, 0.2) is 36.4 Å². The summed E-state index contributed by atoms with van der Waals surface area (Å²) in [6.07, 6.45) is -0.262. The highest BCUT2D eigenvalue weighted by atomic mass is 32.1. The smallest absolute Gasteiger partial charge is 0.338 e. The van der Waals surface area contributed by atoms with E-state index in [-0.39, 0.29) is 17.3 Å². The summed E-state index contributed by atoms with van der Waals surface area (Å²) in [6, 6.07) is 9.35. The number of hydrogen-bond acceptors (Lipinski definition) is 6. The lowest BCUT2D eigenvalue weighted by Gasteiger charge is -2.11. The number of aldehydes is 1. The van der Waals surface area contributed by atoms with Gasteiger partial charge in [-0.3, -0.25) is 14.4 Å². The van der Waals surface area contributed by atoms with Crippen molar-refractivity contribution in [2.75, 3.05) is 0 Å². The number of ketones is 1. The minimum atomic E-state index is -0.939. The molecule has 1 atom stereocenters. The first-order valence-electron chi connectivity index (χ1n) is 7.54. The standard InChI is InChI=1S/C18H17NO5S/c1-11(24-18(23)14-5-3-13(10-20)4-6-14)17(22)16-8-7-15(25-16)9-19-12(2)21/h3-8,10-11H,9H2,1-2H3,(H,19,21). The zero-order valence-electron chi connectivity index (χ0n) is 13.8. The van der Waals surface area contributed by atoms with E-state index in [1.165, 1.54) is 49.4 Å². The van der Waals surface area contributed by atoms with Crippen molar-refractivity contribution in [3.63, 3.8) is 0 Å². The molecule has 6 nitrogen and oxygen atoms in total. The molecule has 1 heterocycles. The SMILES string of the molecule is CC(=O)NCc1ccc(C(=O)C(C)OC(=O)c2ccc(C=O)cc2)s1. The monoisotopic (exact) mass is 359 g/mol. The molecule has 0 saturated heterocycles. The number of benzene rings is 1. The first-order chi connectivity index (χ1) is 11.9. The minimum Gasteiger partial charge on any atom is -0.451 e. The van der Waals surface area contributed by atoms with Crippen LogP contribution in [-0.4, -0.2) is 30.0 Å². The van der Waals surface area contributed by atoms with E-state index in [1.54, 1.807) is 12.1 Å². The van der Waals surface area contributed by atoms with Crippen molar-refractivity contribution in [3.8, 4) is 0 Å². The van der Waals surface area contributed by atoms with Crippen LogP contribution in [-0.2, 0) is 16.1 Å². The summed E-state index contributed by atoms with van der Waals surface area (Å²) < 4.78 is 5.19. The van der Waals surface area contributed by atoms with Gasteiger partial charge >= 0.3 is 5.97 Å². The van der Waals surface area contributed by atoms with Gasteiger partial charge in [0.25, 0.3) is 0 Å². The van der Waals surface area contributed by atoms with E-state index < -0.39 is 12.1 Å². The molecule has 1 aromatic heterocycles. The largest absolute Gasteiger partial charge is 0.451 e. The average molecular weight is 359 g/mol. The van der Waals surface area contributed by atoms with Gasteiger partial charge in [-0.2, -0.15) is 0 Å². The summed E-state index contributed by atoms with van der Waals surface area (Å²) in [4.78, 5) is 47.2. The van der Waals surface area contributed by atoms with Gasteiger partial charge in [-0.05, 0) is 31.2 Å². The third kappa shape index (κ3) is 5.09. The van der Waals surface area contributed by atoms with E-state index in [0.29, 0.717) is 23.3 Å². The second-order valence-electron chi connectivity index (χ2n) is 5.33. The van der Waals surface area contributed by atoms with Crippen molar-refractivity contribution < 1.29 is 23.9 Å². The molecule has 1 aromatic carbocycles. The summed E-state index contributed by atoms with van der Waals surface area (Å²) in [5.74, 6) is -1.09. The highest BCUT2D eigenvalue weighted by molar-refractivity contribution is 7.14. The molecule has 2 aromatic rings. The number of amides is 1. The average Bonchev–Trinajstić information content (AvgIpc) is 3.08. The number of Topliss-reactive ketones (excluding diaryl/α,β-unsaturated/α-hetero) is 1. The highest BCUT2D eigenvalue weighted by Gasteiger charge is 2.22. The third-order valence-corrected chi connectivity index (χ3v) is 4.45. The van der Waals surface area contributed by atoms with Crippen molar-refractivity contribution in [2.45, 2.75) is 26.5 Å². The fourth-order valence-corrected chi connectivity index (χ4v) is 2.96. The minimum absolute atomic E-state index is 0.149. The quantitative estimate of drug-likeness (QED) is 0.466. The van der Waals surface area contributed by atoms with Crippen molar-refractivity contribution in [1.82, 2.24) is 5.32 Å². The summed E-state index contributed by atoms with van der Waals surface area (Å²) >= 11 is 1.24. The predicted molar refractivity (Wildman–Crippen MR) is 92.9 cm³/mol. The topological polar surface area (TPSA) is 89.5 Å². The molecule has 0 aliphatic rings. The van der Waals surface area contributed by atoms with E-state index in [9.17, 15) is 19.2 Å². The number of esters is 1. The second-order valence-corrected chi connectivity index (χ2v) is 6.50. The maximum Gasteiger partial charge on any atom is 0.338 e. The Hall–Kier alpha value is -2.80. The molecule has 0 bridgehead atoms. The van der Waals surface area contributed by atoms with Gasteiger partial charge < -0.3 is 10.1 Å². The fourth-order valence-electron chi connectivity index (χ4n) is 2.00. The molecule has 0 aliphatic heterocycles. The Morgan fingerprint density at radius 3 is 2.44 bits per heavy atom. The van der Waals surface area contributed by atoms with Crippen LogP contribution in [0.25, 0.3) is 0 Å². The molecule has 130 valence electrons. The van der Waals surface area contributed by atoms with E-state index >= 15 is 0 Å². The van der Waals surface area contributed by atoms with Gasteiger partial charge in [0, 0.05) is 17.4 Å². The summed E-state index contributed by atoms with van der Waals surface area (Å²) in [7, 11) is 0. The van der Waals surface area contributed by atoms with Crippen LogP contribution in [0, 0.1) is 0 Å². The lowest BCUT2D eigenvalue weighted by molar-refractivity contribution is -0.119. The normalized spacial score (nSPS) is 11.4. The van der Waals surface area contributed by atoms with Crippen molar-refractivity contribution in [1.29, 1.82) is 0 Å². The molecule has 1 unspecified atom stereocenters. The first kappa shape index (κ1) is 18.5. The number of thiophene rings is 1. The number of ether oxygens (including phenoxy) is 1. The lowest BCUT2D eigenvalue weighted by Crippen LogP contribution is -2.23. The van der Waals surface area contributed by atoms with E-state index in [2.05, 4.69) is 5.32 Å². The van der Waals surface area contributed by atoms with Crippen LogP contribution in [0.5, 0.6) is 0 Å². The van der Waals surface area contributed by atoms with Gasteiger partial charge in [-0.25, -0.2) is 4.79 Å². The molecule has 0 fully saturated rings. The Morgan fingerprint density at radius 1 is 1.16 bits per heavy atom. The summed E-state index contributed by atoms with van der Waals surface area (Å²) in [5.41, 5.74) is 0.716. The summed E-state index contributed by atoms with van der Waals surface area (Å²) in [6.45, 7) is 3.28. The van der Waals surface area contributed by atoms with Crippen LogP contribution in [0.3, 0.4) is 0 Å². The van der Waals surface area contributed by atoms with E-state index in [4.69, 9.17) is 4.74 Å². The molecule has 0 aliphatic carbocycles. The lowest BCUT2D eigenvalue weighted by atomic mass is 10.1. The Morgan fingerprint density at radius 2 is 1.84 bits per heavy atom. The number of rotatable bonds is 7. The maximum atomic E-state index is 12.4. The zero-order chi connectivity index (χ0) is 18.4. The van der Waals surface area contributed by atoms with Crippen LogP contribution in [0.1, 0.15) is 49.1 Å². The van der Waals surface area contributed by atoms with Gasteiger partial charge in [-0.1, -0.05) is 12.1 Å². The van der Waals surface area contributed by atoms with Crippen LogP contribution >= 0.6 is 11.3 Å². The Bertz CT molecular complexity index is 794. The van der Waals surface area contributed by atoms with E-state index in [0.717, 1.165) is 4.88 Å². The number of carbonyl (C=O) groups is 4. The zero-order valence-corrected chi connectivity index (χ0v) is 14.6. The fraction of sp³-hybridized carbons (Fsp3) is 0.222. The molecule has 7 heteroatoms. The molecule has 1 amide bonds. The summed E-state index contributed by atoms with van der Waals surface area (Å²) in [5, 5.41) is 2.66. The molecule has 0 saturated carbocycles. The maximum absolute atomic E-state index is 12.4. The number of nitrogens with one attached hydrogen (secondary N) is 1. The predicted octanol–water partition coefficient (Wildman–Crippen LogP) is 2.62. The first-order valence-corrected chi connectivity index (χ1v) is 8.36. The van der Waals surface area contributed by atoms with Crippen LogP contribution in [0.2, 0.25) is 0 Å². The number of hydrogen-bond donors (Lipinski definition) is 1. The molecular formula is C18H17NO5S. The van der Waals surface area contributed by atoms with Gasteiger partial charge in [0.1, 0.15) is 6.29 Å². The molecular weight excluding hydrogens is 342 g/mol. The van der Waals surface area contributed by atoms with Crippen molar-refractivity contribution >= 4 is 35.3 Å². The molecule has 0 radical (unpaired) electrons. The van der Waals surface area contributed by atoms with Gasteiger partial charge in [0.05, 0.1) is 17.0 Å². The second kappa shape index (κ2) is 8.34. The Labute approximate surface area is 148 Å². The van der Waals surface area contributed by atoms with Crippen LogP contribution in [0.4, 0.5) is 0 Å².